The van der Waals surface area contributed by atoms with E-state index in [-0.39, 0.29) is 11.9 Å². The zero-order chi connectivity index (χ0) is 12.5. The Balaban J connectivity index is 1.70. The Bertz CT molecular complexity index is 548. The third-order valence-electron chi connectivity index (χ3n) is 3.06. The van der Waals surface area contributed by atoms with Gasteiger partial charge in [0.15, 0.2) is 5.69 Å². The van der Waals surface area contributed by atoms with Crippen molar-refractivity contribution in [3.8, 4) is 0 Å². The zero-order valence-electron chi connectivity index (χ0n) is 9.98. The first-order valence-corrected chi connectivity index (χ1v) is 5.82. The number of aryl methyl sites for hydroxylation is 1. The molecule has 18 heavy (non-hydrogen) atoms. The van der Waals surface area contributed by atoms with Crippen LogP contribution >= 0.6 is 0 Å². The largest absolute Gasteiger partial charge is 0.361 e. The molecule has 0 bridgehead atoms. The number of rotatable bonds is 2. The molecule has 1 fully saturated rings. The second-order valence-corrected chi connectivity index (χ2v) is 4.37. The van der Waals surface area contributed by atoms with Crippen molar-refractivity contribution in [3.63, 3.8) is 0 Å². The monoisotopic (exact) mass is 247 g/mol. The zero-order valence-corrected chi connectivity index (χ0v) is 9.98. The van der Waals surface area contributed by atoms with Gasteiger partial charge in [0.1, 0.15) is 5.76 Å². The van der Waals surface area contributed by atoms with Crippen molar-refractivity contribution in [1.82, 2.24) is 25.1 Å². The Morgan fingerprint density at radius 1 is 1.44 bits per heavy atom. The lowest BCUT2D eigenvalue weighted by Crippen LogP contribution is -2.29. The summed E-state index contributed by atoms with van der Waals surface area (Å²) in [5.74, 6) is 0.546. The van der Waals surface area contributed by atoms with E-state index in [9.17, 15) is 4.79 Å². The Labute approximate surface area is 103 Å². The van der Waals surface area contributed by atoms with Crippen LogP contribution in [-0.2, 0) is 0 Å². The first-order chi connectivity index (χ1) is 8.74. The van der Waals surface area contributed by atoms with E-state index in [0.717, 1.165) is 6.42 Å². The Kier molecular flexibility index (Phi) is 2.58. The normalized spacial score (nSPS) is 19.4. The molecule has 94 valence electrons. The van der Waals surface area contributed by atoms with Crippen LogP contribution in [0.3, 0.4) is 0 Å². The second kappa shape index (κ2) is 4.25. The van der Waals surface area contributed by atoms with Gasteiger partial charge in [0.05, 0.1) is 18.4 Å². The predicted molar refractivity (Wildman–Crippen MR) is 60.8 cm³/mol. The van der Waals surface area contributed by atoms with E-state index in [1.165, 1.54) is 0 Å². The highest BCUT2D eigenvalue weighted by Crippen LogP contribution is 2.21. The average molecular weight is 247 g/mol. The minimum atomic E-state index is -0.0958. The van der Waals surface area contributed by atoms with E-state index in [2.05, 4.69) is 15.4 Å². The molecule has 3 rings (SSSR count). The van der Waals surface area contributed by atoms with Crippen LogP contribution in [0, 0.1) is 6.92 Å². The first kappa shape index (κ1) is 10.9. The van der Waals surface area contributed by atoms with Gasteiger partial charge in [0.25, 0.3) is 5.91 Å². The Hall–Kier alpha value is -2.18. The smallest absolute Gasteiger partial charge is 0.276 e. The summed E-state index contributed by atoms with van der Waals surface area (Å²) in [6, 6.07) is 1.80. The highest BCUT2D eigenvalue weighted by atomic mass is 16.5. The van der Waals surface area contributed by atoms with Crippen LogP contribution in [0.25, 0.3) is 0 Å². The molecule has 1 amide bonds. The third kappa shape index (κ3) is 1.87. The lowest BCUT2D eigenvalue weighted by molar-refractivity contribution is 0.0776. The topological polar surface area (TPSA) is 77.1 Å². The number of carbonyl (C=O) groups is 1. The van der Waals surface area contributed by atoms with Crippen molar-refractivity contribution in [2.24, 2.45) is 0 Å². The van der Waals surface area contributed by atoms with Crippen molar-refractivity contribution in [3.05, 3.63) is 29.9 Å². The van der Waals surface area contributed by atoms with Crippen LogP contribution in [0.1, 0.15) is 28.7 Å². The maximum absolute atomic E-state index is 12.1. The van der Waals surface area contributed by atoms with Gasteiger partial charge in [0, 0.05) is 19.2 Å². The summed E-state index contributed by atoms with van der Waals surface area (Å²) in [6.07, 6.45) is 4.15. The summed E-state index contributed by atoms with van der Waals surface area (Å²) in [4.78, 5) is 15.5. The molecule has 2 aromatic heterocycles. The molecule has 0 radical (unpaired) electrons. The van der Waals surface area contributed by atoms with Crippen molar-refractivity contribution in [1.29, 1.82) is 0 Å². The van der Waals surface area contributed by atoms with Gasteiger partial charge < -0.3 is 9.42 Å². The van der Waals surface area contributed by atoms with Crippen molar-refractivity contribution in [2.75, 3.05) is 13.1 Å². The van der Waals surface area contributed by atoms with Crippen LogP contribution in [0.5, 0.6) is 0 Å². The highest BCUT2D eigenvalue weighted by molar-refractivity contribution is 5.92. The third-order valence-corrected chi connectivity index (χ3v) is 3.06. The summed E-state index contributed by atoms with van der Waals surface area (Å²) in [7, 11) is 0. The Morgan fingerprint density at radius 3 is 2.89 bits per heavy atom. The van der Waals surface area contributed by atoms with E-state index in [0.29, 0.717) is 24.5 Å². The van der Waals surface area contributed by atoms with E-state index < -0.39 is 0 Å². The molecule has 1 atom stereocenters. The molecule has 1 aliphatic rings. The van der Waals surface area contributed by atoms with Crippen LogP contribution in [0.2, 0.25) is 0 Å². The molecule has 3 heterocycles. The maximum atomic E-state index is 12.1. The summed E-state index contributed by atoms with van der Waals surface area (Å²) >= 11 is 0. The molecule has 0 aromatic carbocycles. The molecule has 1 aliphatic heterocycles. The molecule has 1 saturated heterocycles. The number of hydrogen-bond acceptors (Lipinski definition) is 5. The minimum Gasteiger partial charge on any atom is -0.361 e. The molecular formula is C11H13N5O2. The van der Waals surface area contributed by atoms with E-state index in [1.807, 2.05) is 0 Å². The number of hydrogen-bond donors (Lipinski definition) is 0. The summed E-state index contributed by atoms with van der Waals surface area (Å²) in [5.41, 5.74) is 0.363. The van der Waals surface area contributed by atoms with Gasteiger partial charge in [-0.15, -0.1) is 0 Å². The fourth-order valence-electron chi connectivity index (χ4n) is 2.16. The summed E-state index contributed by atoms with van der Waals surface area (Å²) in [6.45, 7) is 3.07. The van der Waals surface area contributed by atoms with Crippen LogP contribution in [0.4, 0.5) is 0 Å². The van der Waals surface area contributed by atoms with Gasteiger partial charge in [-0.3, -0.25) is 4.79 Å². The lowest BCUT2D eigenvalue weighted by Gasteiger charge is -2.14. The lowest BCUT2D eigenvalue weighted by atomic mass is 10.3. The van der Waals surface area contributed by atoms with Crippen LogP contribution in [-0.4, -0.2) is 44.0 Å². The molecule has 7 nitrogen and oxygen atoms in total. The van der Waals surface area contributed by atoms with Gasteiger partial charge in [-0.2, -0.15) is 15.0 Å². The fourth-order valence-corrected chi connectivity index (χ4v) is 2.16. The number of carbonyl (C=O) groups excluding carboxylic acids is 1. The van der Waals surface area contributed by atoms with Crippen LogP contribution in [0.15, 0.2) is 23.0 Å². The van der Waals surface area contributed by atoms with Gasteiger partial charge >= 0.3 is 0 Å². The SMILES string of the molecule is Cc1cc(C(=O)N2CC[C@H](n3nccn3)C2)no1. The van der Waals surface area contributed by atoms with Gasteiger partial charge in [-0.1, -0.05) is 5.16 Å². The summed E-state index contributed by atoms with van der Waals surface area (Å²) < 4.78 is 4.92. The molecule has 0 unspecified atom stereocenters. The second-order valence-electron chi connectivity index (χ2n) is 4.37. The van der Waals surface area contributed by atoms with Gasteiger partial charge in [0.2, 0.25) is 0 Å². The molecule has 7 heteroatoms. The number of aromatic nitrogens is 4. The van der Waals surface area contributed by atoms with E-state index in [4.69, 9.17) is 4.52 Å². The predicted octanol–water partition coefficient (Wildman–Crippen LogP) is 0.662. The molecular weight excluding hydrogens is 234 g/mol. The number of nitrogens with zero attached hydrogens (tertiary/aromatic N) is 5. The maximum Gasteiger partial charge on any atom is 0.276 e. The standard InChI is InChI=1S/C11H13N5O2/c1-8-6-10(14-18-8)11(17)15-5-2-9(7-15)16-12-3-4-13-16/h3-4,6,9H,2,5,7H2,1H3/t9-/m0/s1. The quantitative estimate of drug-likeness (QED) is 0.779. The van der Waals surface area contributed by atoms with Crippen molar-refractivity contribution in [2.45, 2.75) is 19.4 Å². The molecule has 2 aromatic rings. The molecule has 0 N–H and O–H groups in total. The molecule has 0 spiro atoms. The molecule has 0 aliphatic carbocycles. The fraction of sp³-hybridized carbons (Fsp3) is 0.455. The number of amides is 1. The molecule has 0 saturated carbocycles. The van der Waals surface area contributed by atoms with E-state index >= 15 is 0 Å². The van der Waals surface area contributed by atoms with Crippen molar-refractivity contribution < 1.29 is 9.32 Å². The summed E-state index contributed by atoms with van der Waals surface area (Å²) in [5, 5.41) is 11.9. The van der Waals surface area contributed by atoms with Crippen molar-refractivity contribution >= 4 is 5.91 Å². The van der Waals surface area contributed by atoms with Gasteiger partial charge in [-0.25, -0.2) is 0 Å². The highest BCUT2D eigenvalue weighted by Gasteiger charge is 2.30. The van der Waals surface area contributed by atoms with Crippen LogP contribution < -0.4 is 0 Å². The first-order valence-electron chi connectivity index (χ1n) is 5.82. The Morgan fingerprint density at radius 2 is 2.22 bits per heavy atom. The minimum absolute atomic E-state index is 0.0958. The number of likely N-dealkylation sites (tertiary alicyclic amines) is 1. The van der Waals surface area contributed by atoms with E-state index in [1.54, 1.807) is 35.1 Å². The van der Waals surface area contributed by atoms with Gasteiger partial charge in [-0.05, 0) is 13.3 Å². The average Bonchev–Trinajstić information content (AvgIpc) is 3.09.